The molecule has 1 aromatic rings. The number of methoxy groups -OCH3 is 2. The van der Waals surface area contributed by atoms with Gasteiger partial charge in [-0.2, -0.15) is 0 Å². The molecule has 0 amide bonds. The molecule has 0 unspecified atom stereocenters. The summed E-state index contributed by atoms with van der Waals surface area (Å²) in [5, 5.41) is 3.06. The summed E-state index contributed by atoms with van der Waals surface area (Å²) < 4.78 is 50.5. The Balaban J connectivity index is 0.00000441. The van der Waals surface area contributed by atoms with Gasteiger partial charge in [-0.1, -0.05) is 6.92 Å². The van der Waals surface area contributed by atoms with Crippen molar-refractivity contribution >= 4 is 22.4 Å². The largest absolute Gasteiger partial charge is 0.493 e. The predicted molar refractivity (Wildman–Crippen MR) is 85.1 cm³/mol. The number of hydrogen-bond acceptors (Lipinski definition) is 5. The van der Waals surface area contributed by atoms with Gasteiger partial charge < -0.3 is 14.8 Å². The van der Waals surface area contributed by atoms with Gasteiger partial charge in [-0.3, -0.25) is 0 Å². The number of likely N-dealkylation sites (N-methyl/N-ethyl adjacent to an activating group) is 1. The minimum Gasteiger partial charge on any atom is -0.493 e. The van der Waals surface area contributed by atoms with Crippen LogP contribution in [0.1, 0.15) is 13.8 Å². The van der Waals surface area contributed by atoms with Crippen molar-refractivity contribution in [2.24, 2.45) is 0 Å². The lowest BCUT2D eigenvalue weighted by molar-refractivity contribution is 0.350. The Morgan fingerprint density at radius 1 is 1.23 bits per heavy atom. The van der Waals surface area contributed by atoms with E-state index in [1.807, 2.05) is 13.8 Å². The molecule has 1 rings (SSSR count). The van der Waals surface area contributed by atoms with E-state index in [1.54, 1.807) is 0 Å². The first kappa shape index (κ1) is 20.9. The van der Waals surface area contributed by atoms with Gasteiger partial charge in [0.25, 0.3) is 0 Å². The molecular formula is C13H22ClFN2O4S. The highest BCUT2D eigenvalue weighted by Crippen LogP contribution is 2.31. The monoisotopic (exact) mass is 356 g/mol. The Morgan fingerprint density at radius 2 is 1.77 bits per heavy atom. The quantitative estimate of drug-likeness (QED) is 0.739. The fourth-order valence-corrected chi connectivity index (χ4v) is 2.98. The third-order valence-electron chi connectivity index (χ3n) is 2.86. The molecule has 0 saturated heterocycles. The molecule has 22 heavy (non-hydrogen) atoms. The summed E-state index contributed by atoms with van der Waals surface area (Å²) in [4.78, 5) is -0.469. The molecule has 0 aliphatic heterocycles. The van der Waals surface area contributed by atoms with E-state index in [0.29, 0.717) is 6.54 Å². The first-order valence-electron chi connectivity index (χ1n) is 6.50. The van der Waals surface area contributed by atoms with Crippen LogP contribution < -0.4 is 19.5 Å². The SMILES string of the molecule is CCN[C@H](C)CNS(=O)(=O)c1cc(OC)c(OC)cc1F.Cl. The van der Waals surface area contributed by atoms with E-state index >= 15 is 0 Å². The average molecular weight is 357 g/mol. The molecule has 0 saturated carbocycles. The summed E-state index contributed by atoms with van der Waals surface area (Å²) in [6.45, 7) is 4.62. The molecule has 0 aliphatic rings. The highest BCUT2D eigenvalue weighted by atomic mass is 35.5. The van der Waals surface area contributed by atoms with Crippen molar-refractivity contribution in [1.82, 2.24) is 10.0 Å². The van der Waals surface area contributed by atoms with E-state index in [-0.39, 0.29) is 36.5 Å². The summed E-state index contributed by atoms with van der Waals surface area (Å²) in [6, 6.07) is 2.03. The van der Waals surface area contributed by atoms with E-state index in [2.05, 4.69) is 10.0 Å². The van der Waals surface area contributed by atoms with Crippen molar-refractivity contribution in [3.05, 3.63) is 17.9 Å². The van der Waals surface area contributed by atoms with E-state index in [1.165, 1.54) is 14.2 Å². The van der Waals surface area contributed by atoms with Crippen molar-refractivity contribution in [3.63, 3.8) is 0 Å². The normalized spacial score (nSPS) is 12.4. The van der Waals surface area contributed by atoms with Crippen molar-refractivity contribution in [2.75, 3.05) is 27.3 Å². The van der Waals surface area contributed by atoms with Crippen LogP contribution in [0.15, 0.2) is 17.0 Å². The van der Waals surface area contributed by atoms with Crippen LogP contribution in [-0.4, -0.2) is 41.8 Å². The van der Waals surface area contributed by atoms with Crippen LogP contribution in [0.5, 0.6) is 11.5 Å². The van der Waals surface area contributed by atoms with Gasteiger partial charge in [-0.25, -0.2) is 17.5 Å². The summed E-state index contributed by atoms with van der Waals surface area (Å²) in [5.74, 6) is -0.606. The second kappa shape index (κ2) is 9.14. The molecular weight excluding hydrogens is 335 g/mol. The maximum absolute atomic E-state index is 14.0. The van der Waals surface area contributed by atoms with Crippen LogP contribution in [0, 0.1) is 5.82 Å². The standard InChI is InChI=1S/C13H21FN2O4S.ClH/c1-5-15-9(2)8-16-21(17,18)13-7-12(20-4)11(19-3)6-10(13)14;/h6-7,9,15-16H,5,8H2,1-4H3;1H/t9-;/m1./s1. The lowest BCUT2D eigenvalue weighted by Crippen LogP contribution is -2.39. The summed E-state index contributed by atoms with van der Waals surface area (Å²) in [5.41, 5.74) is 0. The molecule has 6 nitrogen and oxygen atoms in total. The fraction of sp³-hybridized carbons (Fsp3) is 0.538. The van der Waals surface area contributed by atoms with Crippen LogP contribution in [0.4, 0.5) is 4.39 Å². The molecule has 2 N–H and O–H groups in total. The van der Waals surface area contributed by atoms with Crippen molar-refractivity contribution in [1.29, 1.82) is 0 Å². The first-order valence-corrected chi connectivity index (χ1v) is 7.98. The van der Waals surface area contributed by atoms with Gasteiger partial charge in [0.2, 0.25) is 10.0 Å². The third-order valence-corrected chi connectivity index (χ3v) is 4.30. The van der Waals surface area contributed by atoms with Crippen molar-refractivity contribution < 1.29 is 22.3 Å². The summed E-state index contributed by atoms with van der Waals surface area (Å²) >= 11 is 0. The maximum atomic E-state index is 14.0. The van der Waals surface area contributed by atoms with Crippen molar-refractivity contribution in [3.8, 4) is 11.5 Å². The Kier molecular flexibility index (Phi) is 8.69. The van der Waals surface area contributed by atoms with Crippen LogP contribution >= 0.6 is 12.4 Å². The van der Waals surface area contributed by atoms with Crippen LogP contribution in [0.3, 0.4) is 0 Å². The number of halogens is 2. The molecule has 9 heteroatoms. The highest BCUT2D eigenvalue weighted by molar-refractivity contribution is 7.89. The Bertz CT molecular complexity index is 584. The van der Waals surface area contributed by atoms with Gasteiger partial charge in [-0.05, 0) is 13.5 Å². The fourth-order valence-electron chi connectivity index (χ4n) is 1.77. The summed E-state index contributed by atoms with van der Waals surface area (Å²) in [6.07, 6.45) is 0. The Morgan fingerprint density at radius 3 is 2.27 bits per heavy atom. The van der Waals surface area contributed by atoms with E-state index in [0.717, 1.165) is 12.1 Å². The van der Waals surface area contributed by atoms with E-state index < -0.39 is 20.7 Å². The molecule has 0 spiro atoms. The molecule has 0 radical (unpaired) electrons. The maximum Gasteiger partial charge on any atom is 0.243 e. The lowest BCUT2D eigenvalue weighted by atomic mass is 10.3. The molecule has 1 aromatic carbocycles. The molecule has 0 fully saturated rings. The molecule has 0 bridgehead atoms. The predicted octanol–water partition coefficient (Wildman–Crippen LogP) is 1.54. The molecule has 1 atom stereocenters. The second-order valence-corrected chi connectivity index (χ2v) is 6.18. The molecule has 0 aliphatic carbocycles. The summed E-state index contributed by atoms with van der Waals surface area (Å²) in [7, 11) is -1.26. The molecule has 0 aromatic heterocycles. The zero-order valence-electron chi connectivity index (χ0n) is 13.0. The van der Waals surface area contributed by atoms with Gasteiger partial charge in [-0.15, -0.1) is 12.4 Å². The minimum absolute atomic E-state index is 0. The van der Waals surface area contributed by atoms with Gasteiger partial charge in [0, 0.05) is 24.7 Å². The van der Waals surface area contributed by atoms with Gasteiger partial charge >= 0.3 is 0 Å². The number of rotatable bonds is 8. The van der Waals surface area contributed by atoms with Gasteiger partial charge in [0.15, 0.2) is 11.5 Å². The third kappa shape index (κ3) is 5.28. The lowest BCUT2D eigenvalue weighted by Gasteiger charge is -2.15. The van der Waals surface area contributed by atoms with Crippen LogP contribution in [-0.2, 0) is 10.0 Å². The molecule has 128 valence electrons. The molecule has 0 heterocycles. The number of benzene rings is 1. The van der Waals surface area contributed by atoms with Crippen molar-refractivity contribution in [2.45, 2.75) is 24.8 Å². The van der Waals surface area contributed by atoms with E-state index in [4.69, 9.17) is 9.47 Å². The Hall–Kier alpha value is -1.09. The van der Waals surface area contributed by atoms with Crippen LogP contribution in [0.25, 0.3) is 0 Å². The smallest absolute Gasteiger partial charge is 0.243 e. The van der Waals surface area contributed by atoms with E-state index in [9.17, 15) is 12.8 Å². The number of ether oxygens (including phenoxy) is 2. The Labute approximate surface area is 136 Å². The first-order chi connectivity index (χ1) is 9.85. The van der Waals surface area contributed by atoms with Gasteiger partial charge in [0.1, 0.15) is 10.7 Å². The van der Waals surface area contributed by atoms with Gasteiger partial charge in [0.05, 0.1) is 14.2 Å². The number of sulfonamides is 1. The number of nitrogens with one attached hydrogen (secondary N) is 2. The van der Waals surface area contributed by atoms with Crippen LogP contribution in [0.2, 0.25) is 0 Å². The average Bonchev–Trinajstić information content (AvgIpc) is 2.45. The zero-order valence-corrected chi connectivity index (χ0v) is 14.6. The minimum atomic E-state index is -3.96. The zero-order chi connectivity index (χ0) is 16.0. The number of hydrogen-bond donors (Lipinski definition) is 2. The topological polar surface area (TPSA) is 76.7 Å². The second-order valence-electron chi connectivity index (χ2n) is 4.45. The highest BCUT2D eigenvalue weighted by Gasteiger charge is 2.22.